The molecule has 0 aliphatic rings. The highest BCUT2D eigenvalue weighted by Gasteiger charge is 2.22. The van der Waals surface area contributed by atoms with Crippen LogP contribution in [0.5, 0.6) is 11.5 Å². The molecule has 1 N–H and O–H groups in total. The summed E-state index contributed by atoms with van der Waals surface area (Å²) in [5.41, 5.74) is 2.88. The van der Waals surface area contributed by atoms with Crippen molar-refractivity contribution in [2.24, 2.45) is 0 Å². The molecular weight excluding hydrogens is 433 g/mol. The van der Waals surface area contributed by atoms with Crippen LogP contribution in [0.15, 0.2) is 71.1 Å². The van der Waals surface area contributed by atoms with Gasteiger partial charge in [0, 0.05) is 18.0 Å². The molecule has 34 heavy (non-hydrogen) atoms. The Labute approximate surface area is 198 Å². The van der Waals surface area contributed by atoms with Gasteiger partial charge in [-0.25, -0.2) is 4.39 Å². The monoisotopic (exact) mass is 461 g/mol. The molecule has 176 valence electrons. The van der Waals surface area contributed by atoms with Gasteiger partial charge in [-0.15, -0.1) is 0 Å². The number of carbonyl (C=O) groups excluding carboxylic acids is 1. The molecule has 0 saturated carbocycles. The SMILES string of the molecule is CNC(=O)c1c(-c2ccc(F)cc2)oc2ccc(OCCOc3ccc(C(C)(C)C)cc3)cc12. The first-order valence-electron chi connectivity index (χ1n) is 11.2. The Morgan fingerprint density at radius 2 is 1.53 bits per heavy atom. The molecule has 0 radical (unpaired) electrons. The van der Waals surface area contributed by atoms with Crippen LogP contribution in [-0.2, 0) is 5.41 Å². The lowest BCUT2D eigenvalue weighted by Gasteiger charge is -2.19. The minimum atomic E-state index is -0.357. The van der Waals surface area contributed by atoms with E-state index in [1.165, 1.54) is 17.7 Å². The number of rotatable bonds is 7. The first-order chi connectivity index (χ1) is 16.3. The number of fused-ring (bicyclic) bond motifs is 1. The number of benzene rings is 3. The Bertz CT molecular complexity index is 1290. The number of ether oxygens (including phenoxy) is 2. The van der Waals surface area contributed by atoms with E-state index in [0.29, 0.717) is 46.8 Å². The smallest absolute Gasteiger partial charge is 0.255 e. The summed E-state index contributed by atoms with van der Waals surface area (Å²) in [6.07, 6.45) is 0. The van der Waals surface area contributed by atoms with Gasteiger partial charge in [-0.05, 0) is 65.6 Å². The predicted molar refractivity (Wildman–Crippen MR) is 131 cm³/mol. The molecule has 0 bridgehead atoms. The Morgan fingerprint density at radius 3 is 2.15 bits per heavy atom. The fourth-order valence-corrected chi connectivity index (χ4v) is 3.69. The predicted octanol–water partition coefficient (Wildman–Crippen LogP) is 6.35. The van der Waals surface area contributed by atoms with Crippen LogP contribution in [0.3, 0.4) is 0 Å². The van der Waals surface area contributed by atoms with Crippen molar-refractivity contribution >= 4 is 16.9 Å². The molecule has 6 heteroatoms. The second-order valence-electron chi connectivity index (χ2n) is 9.02. The lowest BCUT2D eigenvalue weighted by Crippen LogP contribution is -2.18. The number of amides is 1. The van der Waals surface area contributed by atoms with E-state index in [1.807, 2.05) is 12.1 Å². The highest BCUT2D eigenvalue weighted by Crippen LogP contribution is 2.35. The summed E-state index contributed by atoms with van der Waals surface area (Å²) in [7, 11) is 1.56. The van der Waals surface area contributed by atoms with Crippen LogP contribution in [0.4, 0.5) is 4.39 Å². The summed E-state index contributed by atoms with van der Waals surface area (Å²) in [6, 6.07) is 19.2. The largest absolute Gasteiger partial charge is 0.490 e. The van der Waals surface area contributed by atoms with Crippen molar-refractivity contribution in [2.75, 3.05) is 20.3 Å². The van der Waals surface area contributed by atoms with Crippen molar-refractivity contribution in [3.8, 4) is 22.8 Å². The van der Waals surface area contributed by atoms with Gasteiger partial charge in [0.2, 0.25) is 0 Å². The number of nitrogens with one attached hydrogen (secondary N) is 1. The van der Waals surface area contributed by atoms with Gasteiger partial charge < -0.3 is 19.2 Å². The average Bonchev–Trinajstić information content (AvgIpc) is 3.20. The van der Waals surface area contributed by atoms with E-state index in [4.69, 9.17) is 13.9 Å². The van der Waals surface area contributed by atoms with Crippen LogP contribution in [-0.4, -0.2) is 26.2 Å². The van der Waals surface area contributed by atoms with Crippen LogP contribution < -0.4 is 14.8 Å². The molecule has 1 heterocycles. The zero-order valence-electron chi connectivity index (χ0n) is 19.8. The third-order valence-electron chi connectivity index (χ3n) is 5.56. The van der Waals surface area contributed by atoms with E-state index in [2.05, 4.69) is 38.2 Å². The van der Waals surface area contributed by atoms with Crippen molar-refractivity contribution < 1.29 is 23.1 Å². The highest BCUT2D eigenvalue weighted by atomic mass is 19.1. The molecule has 1 aromatic heterocycles. The third kappa shape index (κ3) is 5.06. The van der Waals surface area contributed by atoms with E-state index < -0.39 is 0 Å². The van der Waals surface area contributed by atoms with Gasteiger partial charge in [0.15, 0.2) is 0 Å². The molecule has 0 aliphatic carbocycles. The zero-order valence-corrected chi connectivity index (χ0v) is 19.8. The minimum Gasteiger partial charge on any atom is -0.490 e. The number of carbonyl (C=O) groups is 1. The van der Waals surface area contributed by atoms with Crippen molar-refractivity contribution in [2.45, 2.75) is 26.2 Å². The molecule has 3 aromatic carbocycles. The van der Waals surface area contributed by atoms with Crippen LogP contribution in [0.1, 0.15) is 36.7 Å². The van der Waals surface area contributed by atoms with Crippen LogP contribution >= 0.6 is 0 Å². The number of hydrogen-bond acceptors (Lipinski definition) is 4. The molecule has 5 nitrogen and oxygen atoms in total. The van der Waals surface area contributed by atoms with E-state index >= 15 is 0 Å². The van der Waals surface area contributed by atoms with Gasteiger partial charge in [-0.3, -0.25) is 4.79 Å². The Hall–Kier alpha value is -3.80. The lowest BCUT2D eigenvalue weighted by molar-refractivity contribution is 0.0964. The van der Waals surface area contributed by atoms with E-state index in [1.54, 1.807) is 37.4 Å². The van der Waals surface area contributed by atoms with Crippen molar-refractivity contribution in [3.05, 3.63) is 83.7 Å². The maximum Gasteiger partial charge on any atom is 0.255 e. The molecule has 4 rings (SSSR count). The Kier molecular flexibility index (Phi) is 6.59. The lowest BCUT2D eigenvalue weighted by atomic mass is 9.87. The van der Waals surface area contributed by atoms with Crippen LogP contribution in [0, 0.1) is 5.82 Å². The summed E-state index contributed by atoms with van der Waals surface area (Å²) in [4.78, 5) is 12.7. The van der Waals surface area contributed by atoms with Gasteiger partial charge in [0.05, 0.1) is 5.56 Å². The van der Waals surface area contributed by atoms with Crippen molar-refractivity contribution in [3.63, 3.8) is 0 Å². The molecule has 0 atom stereocenters. The summed E-state index contributed by atoms with van der Waals surface area (Å²) in [6.45, 7) is 7.23. The molecule has 0 fully saturated rings. The molecule has 0 saturated heterocycles. The van der Waals surface area contributed by atoms with Gasteiger partial charge in [-0.1, -0.05) is 32.9 Å². The summed E-state index contributed by atoms with van der Waals surface area (Å²) in [5, 5.41) is 3.27. The van der Waals surface area contributed by atoms with Crippen LogP contribution in [0.2, 0.25) is 0 Å². The molecular formula is C28H28FNO4. The summed E-state index contributed by atoms with van der Waals surface area (Å²) >= 11 is 0. The topological polar surface area (TPSA) is 60.7 Å². The Balaban J connectivity index is 1.48. The fourth-order valence-electron chi connectivity index (χ4n) is 3.69. The quantitative estimate of drug-likeness (QED) is 0.326. The summed E-state index contributed by atoms with van der Waals surface area (Å²) < 4.78 is 31.0. The van der Waals surface area contributed by atoms with E-state index in [9.17, 15) is 9.18 Å². The molecule has 0 aliphatic heterocycles. The molecule has 4 aromatic rings. The van der Waals surface area contributed by atoms with Gasteiger partial charge in [0.25, 0.3) is 5.91 Å². The highest BCUT2D eigenvalue weighted by molar-refractivity contribution is 6.11. The molecule has 0 unspecified atom stereocenters. The van der Waals surface area contributed by atoms with Crippen molar-refractivity contribution in [1.82, 2.24) is 5.32 Å². The van der Waals surface area contributed by atoms with E-state index in [-0.39, 0.29) is 17.1 Å². The molecule has 0 spiro atoms. The van der Waals surface area contributed by atoms with Crippen LogP contribution in [0.25, 0.3) is 22.3 Å². The number of halogens is 1. The Morgan fingerprint density at radius 1 is 0.912 bits per heavy atom. The first-order valence-corrected chi connectivity index (χ1v) is 11.2. The van der Waals surface area contributed by atoms with E-state index in [0.717, 1.165) is 5.75 Å². The second kappa shape index (κ2) is 9.59. The maximum atomic E-state index is 13.4. The minimum absolute atomic E-state index is 0.0947. The van der Waals surface area contributed by atoms with Crippen molar-refractivity contribution in [1.29, 1.82) is 0 Å². The normalized spacial score (nSPS) is 11.4. The standard InChI is InChI=1S/C28H28FNO4/c1-28(2,3)19-7-11-21(12-8-19)32-15-16-33-22-13-14-24-23(17-22)25(27(31)30-4)26(34-24)18-5-9-20(29)10-6-18/h5-14,17H,15-16H2,1-4H3,(H,30,31). The number of furan rings is 1. The fraction of sp³-hybridized carbons (Fsp3) is 0.250. The molecule has 1 amide bonds. The zero-order chi connectivity index (χ0) is 24.3. The third-order valence-corrected chi connectivity index (χ3v) is 5.56. The number of hydrogen-bond donors (Lipinski definition) is 1. The maximum absolute atomic E-state index is 13.4. The second-order valence-corrected chi connectivity index (χ2v) is 9.02. The first kappa shape index (κ1) is 23.4. The van der Waals surface area contributed by atoms with Gasteiger partial charge >= 0.3 is 0 Å². The summed E-state index contributed by atoms with van der Waals surface area (Å²) in [5.74, 6) is 1.11. The van der Waals surface area contributed by atoms with Gasteiger partial charge in [0.1, 0.15) is 41.9 Å². The van der Waals surface area contributed by atoms with Gasteiger partial charge in [-0.2, -0.15) is 0 Å². The average molecular weight is 462 g/mol.